The van der Waals surface area contributed by atoms with Crippen LogP contribution in [0.4, 0.5) is 11.5 Å². The minimum absolute atomic E-state index is 0.307. The summed E-state index contributed by atoms with van der Waals surface area (Å²) in [6.07, 6.45) is 3.08. The van der Waals surface area contributed by atoms with E-state index in [1.807, 2.05) is 0 Å². The zero-order chi connectivity index (χ0) is 12.3. The summed E-state index contributed by atoms with van der Waals surface area (Å²) < 4.78 is 5.11. The van der Waals surface area contributed by atoms with E-state index >= 15 is 0 Å². The first-order chi connectivity index (χ1) is 8.20. The van der Waals surface area contributed by atoms with Gasteiger partial charge in [-0.15, -0.1) is 0 Å². The lowest BCUT2D eigenvalue weighted by molar-refractivity contribution is 0.415. The molecule has 0 bridgehead atoms. The lowest BCUT2D eigenvalue weighted by Gasteiger charge is -2.09. The van der Waals surface area contributed by atoms with Gasteiger partial charge in [0.2, 0.25) is 0 Å². The van der Waals surface area contributed by atoms with Gasteiger partial charge in [-0.3, -0.25) is 0 Å². The van der Waals surface area contributed by atoms with Gasteiger partial charge in [-0.2, -0.15) is 0 Å². The van der Waals surface area contributed by atoms with Gasteiger partial charge in [-0.05, 0) is 12.1 Å². The molecule has 0 saturated carbocycles. The predicted molar refractivity (Wildman–Crippen MR) is 68.3 cm³/mol. The fourth-order valence-electron chi connectivity index (χ4n) is 1.28. The van der Waals surface area contributed by atoms with Gasteiger partial charge in [0.1, 0.15) is 5.75 Å². The number of ether oxygens (including phenoxy) is 1. The molecule has 0 saturated heterocycles. The molecule has 2 aromatic rings. The molecule has 17 heavy (non-hydrogen) atoms. The van der Waals surface area contributed by atoms with E-state index < -0.39 is 0 Å². The van der Waals surface area contributed by atoms with Crippen LogP contribution in [0.3, 0.4) is 0 Å². The van der Waals surface area contributed by atoms with Crippen LogP contribution in [0.15, 0.2) is 30.6 Å². The Kier molecular flexibility index (Phi) is 3.66. The molecule has 1 aromatic heterocycles. The van der Waals surface area contributed by atoms with Gasteiger partial charge in [0.25, 0.3) is 0 Å². The van der Waals surface area contributed by atoms with E-state index in [-0.39, 0.29) is 0 Å². The van der Waals surface area contributed by atoms with Crippen LogP contribution in [0.25, 0.3) is 0 Å². The van der Waals surface area contributed by atoms with Gasteiger partial charge in [0.05, 0.1) is 12.1 Å². The van der Waals surface area contributed by atoms with E-state index in [4.69, 9.17) is 27.9 Å². The van der Waals surface area contributed by atoms with Crippen LogP contribution in [0.1, 0.15) is 0 Å². The van der Waals surface area contributed by atoms with E-state index in [1.54, 1.807) is 31.5 Å². The van der Waals surface area contributed by atoms with Crippen molar-refractivity contribution in [1.29, 1.82) is 0 Å². The first kappa shape index (κ1) is 12.0. The lowest BCUT2D eigenvalue weighted by atomic mass is 10.3. The van der Waals surface area contributed by atoms with Crippen LogP contribution in [0.2, 0.25) is 10.2 Å². The average molecular weight is 270 g/mol. The Morgan fingerprint density at radius 1 is 1.18 bits per heavy atom. The third-order valence-corrected chi connectivity index (χ3v) is 2.66. The van der Waals surface area contributed by atoms with Crippen LogP contribution in [0, 0.1) is 0 Å². The van der Waals surface area contributed by atoms with Crippen molar-refractivity contribution in [2.45, 2.75) is 0 Å². The molecule has 2 rings (SSSR count). The van der Waals surface area contributed by atoms with E-state index in [0.29, 0.717) is 21.7 Å². The fraction of sp³-hybridized carbons (Fsp3) is 0.0909. The number of nitrogens with zero attached hydrogens (tertiary/aromatic N) is 2. The Morgan fingerprint density at radius 3 is 2.65 bits per heavy atom. The number of nitrogens with one attached hydrogen (secondary N) is 1. The van der Waals surface area contributed by atoms with Crippen molar-refractivity contribution >= 4 is 34.7 Å². The number of benzene rings is 1. The van der Waals surface area contributed by atoms with Crippen molar-refractivity contribution < 1.29 is 4.74 Å². The molecule has 1 heterocycles. The number of hydrogen-bond acceptors (Lipinski definition) is 4. The van der Waals surface area contributed by atoms with Crippen LogP contribution in [-0.4, -0.2) is 17.1 Å². The largest absolute Gasteiger partial charge is 0.495 e. The first-order valence-electron chi connectivity index (χ1n) is 4.78. The molecule has 0 unspecified atom stereocenters. The molecule has 4 nitrogen and oxygen atoms in total. The summed E-state index contributed by atoms with van der Waals surface area (Å²) in [5.74, 6) is 1.07. The number of aromatic nitrogens is 2. The Labute approximate surface area is 109 Å². The molecule has 0 spiro atoms. The maximum absolute atomic E-state index is 5.92. The van der Waals surface area contributed by atoms with Crippen molar-refractivity contribution in [3.8, 4) is 5.75 Å². The molecular formula is C11H9Cl2N3O. The van der Waals surface area contributed by atoms with Gasteiger partial charge in [-0.1, -0.05) is 23.2 Å². The minimum atomic E-state index is 0.307. The van der Waals surface area contributed by atoms with Crippen molar-refractivity contribution in [2.75, 3.05) is 12.4 Å². The Balaban J connectivity index is 2.28. The van der Waals surface area contributed by atoms with Gasteiger partial charge in [-0.25, -0.2) is 9.97 Å². The van der Waals surface area contributed by atoms with Crippen molar-refractivity contribution in [3.63, 3.8) is 0 Å². The molecule has 0 fully saturated rings. The molecule has 0 aliphatic heterocycles. The van der Waals surface area contributed by atoms with Crippen LogP contribution in [-0.2, 0) is 0 Å². The number of halogens is 2. The molecule has 88 valence electrons. The van der Waals surface area contributed by atoms with Crippen LogP contribution < -0.4 is 10.1 Å². The monoisotopic (exact) mass is 269 g/mol. The second-order valence-electron chi connectivity index (χ2n) is 3.17. The van der Waals surface area contributed by atoms with Crippen molar-refractivity contribution in [1.82, 2.24) is 9.97 Å². The summed E-state index contributed by atoms with van der Waals surface area (Å²) in [6.45, 7) is 0. The van der Waals surface area contributed by atoms with E-state index in [9.17, 15) is 0 Å². The predicted octanol–water partition coefficient (Wildman–Crippen LogP) is 3.54. The molecule has 0 atom stereocenters. The number of methoxy groups -OCH3 is 1. The summed E-state index contributed by atoms with van der Waals surface area (Å²) in [5.41, 5.74) is 0.772. The molecule has 0 amide bonds. The highest BCUT2D eigenvalue weighted by Crippen LogP contribution is 2.29. The van der Waals surface area contributed by atoms with Gasteiger partial charge >= 0.3 is 0 Å². The fourth-order valence-corrected chi connectivity index (χ4v) is 1.63. The molecule has 0 aliphatic rings. The number of rotatable bonds is 3. The average Bonchev–Trinajstić information content (AvgIpc) is 2.34. The highest BCUT2D eigenvalue weighted by atomic mass is 35.5. The maximum Gasteiger partial charge on any atom is 0.171 e. The Morgan fingerprint density at radius 2 is 1.94 bits per heavy atom. The third-order valence-electron chi connectivity index (χ3n) is 2.07. The second kappa shape index (κ2) is 5.21. The van der Waals surface area contributed by atoms with E-state index in [1.165, 1.54) is 6.20 Å². The van der Waals surface area contributed by atoms with Gasteiger partial charge in [0.15, 0.2) is 11.0 Å². The third kappa shape index (κ3) is 2.78. The maximum atomic E-state index is 5.92. The van der Waals surface area contributed by atoms with Crippen molar-refractivity contribution in [3.05, 3.63) is 40.8 Å². The molecule has 6 heteroatoms. The standard InChI is InChI=1S/C11H9Cl2N3O/c1-17-9-6-7(2-3-8(9)12)16-11-10(13)14-4-5-15-11/h2-6H,1H3,(H,15,16). The number of hydrogen-bond donors (Lipinski definition) is 1. The SMILES string of the molecule is COc1cc(Nc2nccnc2Cl)ccc1Cl. The number of anilines is 2. The molecule has 0 aliphatic carbocycles. The second-order valence-corrected chi connectivity index (χ2v) is 3.94. The summed E-state index contributed by atoms with van der Waals surface area (Å²) in [4.78, 5) is 7.99. The lowest BCUT2D eigenvalue weighted by Crippen LogP contribution is -1.96. The quantitative estimate of drug-likeness (QED) is 0.926. The first-order valence-corrected chi connectivity index (χ1v) is 5.53. The smallest absolute Gasteiger partial charge is 0.171 e. The molecule has 1 aromatic carbocycles. The summed E-state index contributed by atoms with van der Waals surface area (Å²) in [5, 5.41) is 3.88. The summed E-state index contributed by atoms with van der Waals surface area (Å²) in [7, 11) is 1.56. The minimum Gasteiger partial charge on any atom is -0.495 e. The van der Waals surface area contributed by atoms with E-state index in [0.717, 1.165) is 5.69 Å². The highest BCUT2D eigenvalue weighted by molar-refractivity contribution is 6.32. The Hall–Kier alpha value is -1.52. The zero-order valence-corrected chi connectivity index (χ0v) is 10.5. The topological polar surface area (TPSA) is 47.0 Å². The normalized spacial score (nSPS) is 10.1. The van der Waals surface area contributed by atoms with Gasteiger partial charge in [0, 0.05) is 24.1 Å². The molecular weight excluding hydrogens is 261 g/mol. The zero-order valence-electron chi connectivity index (χ0n) is 8.95. The van der Waals surface area contributed by atoms with E-state index in [2.05, 4.69) is 15.3 Å². The van der Waals surface area contributed by atoms with Gasteiger partial charge < -0.3 is 10.1 Å². The molecule has 0 radical (unpaired) electrons. The van der Waals surface area contributed by atoms with Crippen LogP contribution in [0.5, 0.6) is 5.75 Å². The summed E-state index contributed by atoms with van der Waals surface area (Å²) in [6, 6.07) is 5.29. The van der Waals surface area contributed by atoms with Crippen LogP contribution >= 0.6 is 23.2 Å². The van der Waals surface area contributed by atoms with Crippen molar-refractivity contribution in [2.24, 2.45) is 0 Å². The Bertz CT molecular complexity index is 534. The molecule has 1 N–H and O–H groups in total. The highest BCUT2D eigenvalue weighted by Gasteiger charge is 2.05. The summed E-state index contributed by atoms with van der Waals surface area (Å²) >= 11 is 11.8.